The number of halogens is 2. The van der Waals surface area contributed by atoms with E-state index in [1.165, 1.54) is 11.8 Å². The highest BCUT2D eigenvalue weighted by Gasteiger charge is 2.22. The summed E-state index contributed by atoms with van der Waals surface area (Å²) in [6.45, 7) is 4.97. The summed E-state index contributed by atoms with van der Waals surface area (Å²) in [7, 11) is 0. The third-order valence-corrected chi connectivity index (χ3v) is 4.99. The van der Waals surface area contributed by atoms with Gasteiger partial charge in [-0.05, 0) is 25.1 Å². The first kappa shape index (κ1) is 18.3. The lowest BCUT2D eigenvalue weighted by molar-refractivity contribution is 0.146. The van der Waals surface area contributed by atoms with Crippen molar-refractivity contribution in [2.45, 2.75) is 13.3 Å². The average Bonchev–Trinajstić information content (AvgIpc) is 2.74. The van der Waals surface area contributed by atoms with Crippen LogP contribution in [-0.4, -0.2) is 36.1 Å². The zero-order chi connectivity index (χ0) is 19.5. The number of alkyl halides is 2. The Morgan fingerprint density at radius 3 is 2.11 bits per heavy atom. The Morgan fingerprint density at radius 2 is 1.46 bits per heavy atom. The van der Waals surface area contributed by atoms with E-state index in [-0.39, 0.29) is 5.69 Å². The van der Waals surface area contributed by atoms with E-state index in [9.17, 15) is 8.78 Å². The molecule has 0 radical (unpaired) electrons. The Morgan fingerprint density at radius 1 is 0.821 bits per heavy atom. The van der Waals surface area contributed by atoms with Gasteiger partial charge in [-0.15, -0.1) is 0 Å². The predicted molar refractivity (Wildman–Crippen MR) is 108 cm³/mol. The molecule has 6 heteroatoms. The van der Waals surface area contributed by atoms with Crippen molar-refractivity contribution in [2.75, 3.05) is 36.0 Å². The minimum absolute atomic E-state index is 0.230. The number of hydrogen-bond acceptors (Lipinski definition) is 4. The van der Waals surface area contributed by atoms with Gasteiger partial charge in [-0.3, -0.25) is 0 Å². The molecule has 4 nitrogen and oxygen atoms in total. The first-order valence-electron chi connectivity index (χ1n) is 9.39. The van der Waals surface area contributed by atoms with Gasteiger partial charge in [0.15, 0.2) is 0 Å². The van der Waals surface area contributed by atoms with Crippen LogP contribution in [0.4, 0.5) is 20.4 Å². The van der Waals surface area contributed by atoms with E-state index >= 15 is 0 Å². The maximum Gasteiger partial charge on any atom is 0.280 e. The van der Waals surface area contributed by atoms with E-state index in [1.54, 1.807) is 0 Å². The molecular weight excluding hydrogens is 358 g/mol. The predicted octanol–water partition coefficient (Wildman–Crippen LogP) is 4.72. The molecular formula is C22H22F2N4. The maximum absolute atomic E-state index is 13.4. The van der Waals surface area contributed by atoms with Crippen molar-refractivity contribution < 1.29 is 8.78 Å². The SMILES string of the molecule is Cc1ccc(-c2cc(C(F)F)nc(N3CCN(c4ccccc4)CC3)n2)cc1. The number of piperazine rings is 1. The molecule has 4 rings (SSSR count). The lowest BCUT2D eigenvalue weighted by Crippen LogP contribution is -2.47. The molecule has 1 saturated heterocycles. The van der Waals surface area contributed by atoms with Gasteiger partial charge in [-0.25, -0.2) is 18.7 Å². The summed E-state index contributed by atoms with van der Waals surface area (Å²) in [4.78, 5) is 13.0. The van der Waals surface area contributed by atoms with Crippen LogP contribution in [0.5, 0.6) is 0 Å². The number of benzene rings is 2. The third-order valence-electron chi connectivity index (χ3n) is 4.99. The highest BCUT2D eigenvalue weighted by molar-refractivity contribution is 5.61. The number of nitrogens with zero attached hydrogens (tertiary/aromatic N) is 4. The first-order valence-corrected chi connectivity index (χ1v) is 9.39. The summed E-state index contributed by atoms with van der Waals surface area (Å²) in [6, 6.07) is 19.3. The second-order valence-corrected chi connectivity index (χ2v) is 6.95. The molecule has 0 N–H and O–H groups in total. The van der Waals surface area contributed by atoms with Gasteiger partial charge in [0.2, 0.25) is 5.95 Å². The Hall–Kier alpha value is -3.02. The van der Waals surface area contributed by atoms with Crippen LogP contribution in [0.2, 0.25) is 0 Å². The number of anilines is 2. The van der Waals surface area contributed by atoms with Gasteiger partial charge in [-0.2, -0.15) is 0 Å². The summed E-state index contributed by atoms with van der Waals surface area (Å²) >= 11 is 0. The number of aryl methyl sites for hydroxylation is 1. The minimum atomic E-state index is -2.63. The highest BCUT2D eigenvalue weighted by Crippen LogP contribution is 2.27. The van der Waals surface area contributed by atoms with Crippen molar-refractivity contribution in [3.8, 4) is 11.3 Å². The Balaban J connectivity index is 1.58. The average molecular weight is 380 g/mol. The second kappa shape index (κ2) is 7.92. The van der Waals surface area contributed by atoms with E-state index in [2.05, 4.69) is 27.0 Å². The molecule has 0 spiro atoms. The first-order chi connectivity index (χ1) is 13.6. The molecule has 0 atom stereocenters. The fourth-order valence-corrected chi connectivity index (χ4v) is 3.38. The van der Waals surface area contributed by atoms with Crippen LogP contribution in [0.1, 0.15) is 17.7 Å². The Bertz CT molecular complexity index is 921. The third kappa shape index (κ3) is 3.96. The van der Waals surface area contributed by atoms with Crippen molar-refractivity contribution in [2.24, 2.45) is 0 Å². The molecule has 3 aromatic rings. The van der Waals surface area contributed by atoms with Crippen LogP contribution in [0, 0.1) is 6.92 Å². The lowest BCUT2D eigenvalue weighted by atomic mass is 10.1. The summed E-state index contributed by atoms with van der Waals surface area (Å²) in [5.74, 6) is 0.376. The zero-order valence-corrected chi connectivity index (χ0v) is 15.7. The molecule has 0 amide bonds. The Kier molecular flexibility index (Phi) is 5.19. The normalized spacial score (nSPS) is 14.6. The van der Waals surface area contributed by atoms with Gasteiger partial charge in [0.1, 0.15) is 5.69 Å². The van der Waals surface area contributed by atoms with E-state index in [4.69, 9.17) is 0 Å². The second-order valence-electron chi connectivity index (χ2n) is 6.95. The van der Waals surface area contributed by atoms with Gasteiger partial charge in [0.05, 0.1) is 5.69 Å². The molecule has 1 aromatic heterocycles. The monoisotopic (exact) mass is 380 g/mol. The minimum Gasteiger partial charge on any atom is -0.368 e. The molecule has 1 aliphatic rings. The van der Waals surface area contributed by atoms with Crippen LogP contribution in [0.15, 0.2) is 60.7 Å². The van der Waals surface area contributed by atoms with Gasteiger partial charge in [0, 0.05) is 37.4 Å². The summed E-state index contributed by atoms with van der Waals surface area (Å²) < 4.78 is 26.9. The Labute approximate surface area is 163 Å². The van der Waals surface area contributed by atoms with Crippen LogP contribution >= 0.6 is 0 Å². The molecule has 1 aliphatic heterocycles. The van der Waals surface area contributed by atoms with Crippen molar-refractivity contribution in [3.63, 3.8) is 0 Å². The topological polar surface area (TPSA) is 32.3 Å². The van der Waals surface area contributed by atoms with Crippen molar-refractivity contribution in [1.29, 1.82) is 0 Å². The van der Waals surface area contributed by atoms with Gasteiger partial charge in [0.25, 0.3) is 6.43 Å². The number of para-hydroxylation sites is 1. The van der Waals surface area contributed by atoms with E-state index < -0.39 is 6.43 Å². The highest BCUT2D eigenvalue weighted by atomic mass is 19.3. The van der Waals surface area contributed by atoms with Crippen molar-refractivity contribution in [3.05, 3.63) is 71.9 Å². The lowest BCUT2D eigenvalue weighted by Gasteiger charge is -2.36. The largest absolute Gasteiger partial charge is 0.368 e. The molecule has 0 bridgehead atoms. The van der Waals surface area contributed by atoms with E-state index in [0.717, 1.165) is 24.2 Å². The molecule has 2 aromatic carbocycles. The number of aromatic nitrogens is 2. The fourth-order valence-electron chi connectivity index (χ4n) is 3.38. The van der Waals surface area contributed by atoms with E-state index in [1.807, 2.05) is 54.3 Å². The molecule has 2 heterocycles. The van der Waals surface area contributed by atoms with Crippen molar-refractivity contribution >= 4 is 11.6 Å². The zero-order valence-electron chi connectivity index (χ0n) is 15.7. The quantitative estimate of drug-likeness (QED) is 0.656. The molecule has 28 heavy (non-hydrogen) atoms. The molecule has 144 valence electrons. The maximum atomic E-state index is 13.4. The smallest absolute Gasteiger partial charge is 0.280 e. The summed E-state index contributed by atoms with van der Waals surface area (Å²) in [5, 5.41) is 0. The van der Waals surface area contributed by atoms with Gasteiger partial charge in [-0.1, -0.05) is 48.0 Å². The molecule has 0 aliphatic carbocycles. The van der Waals surface area contributed by atoms with Crippen LogP contribution < -0.4 is 9.80 Å². The van der Waals surface area contributed by atoms with Gasteiger partial charge < -0.3 is 9.80 Å². The van der Waals surface area contributed by atoms with Crippen molar-refractivity contribution in [1.82, 2.24) is 9.97 Å². The molecule has 1 fully saturated rings. The van der Waals surface area contributed by atoms with E-state index in [0.29, 0.717) is 24.7 Å². The molecule has 0 unspecified atom stereocenters. The summed E-state index contributed by atoms with van der Waals surface area (Å²) in [5.41, 5.74) is 3.41. The van der Waals surface area contributed by atoms with Crippen LogP contribution in [0.3, 0.4) is 0 Å². The van der Waals surface area contributed by atoms with Crippen LogP contribution in [-0.2, 0) is 0 Å². The van der Waals surface area contributed by atoms with Crippen LogP contribution in [0.25, 0.3) is 11.3 Å². The number of rotatable bonds is 4. The standard InChI is InChI=1S/C22H22F2N4/c1-16-7-9-17(10-8-16)19-15-20(21(23)24)26-22(25-19)28-13-11-27(12-14-28)18-5-3-2-4-6-18/h2-10,15,21H,11-14H2,1H3. The summed E-state index contributed by atoms with van der Waals surface area (Å²) in [6.07, 6.45) is -2.63. The molecule has 0 saturated carbocycles. The fraction of sp³-hybridized carbons (Fsp3) is 0.273. The number of hydrogen-bond donors (Lipinski definition) is 0. The van der Waals surface area contributed by atoms with Gasteiger partial charge >= 0.3 is 0 Å².